The van der Waals surface area contributed by atoms with Gasteiger partial charge in [-0.2, -0.15) is 4.68 Å². The van der Waals surface area contributed by atoms with Crippen molar-refractivity contribution >= 4 is 17.7 Å². The fourth-order valence-electron chi connectivity index (χ4n) is 3.24. The van der Waals surface area contributed by atoms with E-state index >= 15 is 0 Å². The Hall–Kier alpha value is -3.27. The number of rotatable bonds is 5. The Morgan fingerprint density at radius 3 is 2.61 bits per heavy atom. The Morgan fingerprint density at radius 1 is 1.18 bits per heavy atom. The molecule has 1 fully saturated rings. The van der Waals surface area contributed by atoms with Gasteiger partial charge in [-0.3, -0.25) is 15.0 Å². The molecule has 2 aromatic heterocycles. The van der Waals surface area contributed by atoms with E-state index in [4.69, 9.17) is 4.52 Å². The van der Waals surface area contributed by atoms with Crippen molar-refractivity contribution in [1.82, 2.24) is 30.3 Å². The summed E-state index contributed by atoms with van der Waals surface area (Å²) < 4.78 is 6.79. The third kappa shape index (κ3) is 3.72. The van der Waals surface area contributed by atoms with E-state index < -0.39 is 0 Å². The molecule has 10 heteroatoms. The van der Waals surface area contributed by atoms with Gasteiger partial charge < -0.3 is 9.42 Å². The number of aromatic nitrogens is 5. The van der Waals surface area contributed by atoms with Crippen LogP contribution in [0.15, 0.2) is 40.9 Å². The second-order valence-electron chi connectivity index (χ2n) is 6.75. The number of hydrogen-bond acceptors (Lipinski definition) is 8. The maximum atomic E-state index is 12.5. The maximum absolute atomic E-state index is 12.5. The maximum Gasteiger partial charge on any atom is 0.250 e. The summed E-state index contributed by atoms with van der Waals surface area (Å²) in [6.45, 7) is 6.61. The molecule has 1 saturated heterocycles. The topological polar surface area (TPSA) is 105 Å². The summed E-state index contributed by atoms with van der Waals surface area (Å²) in [5.41, 5.74) is 1.65. The van der Waals surface area contributed by atoms with Crippen LogP contribution < -0.4 is 10.2 Å². The first-order valence-corrected chi connectivity index (χ1v) is 9.19. The molecule has 1 aromatic carbocycles. The van der Waals surface area contributed by atoms with Crippen LogP contribution in [0.3, 0.4) is 0 Å². The van der Waals surface area contributed by atoms with Gasteiger partial charge in [-0.15, -0.1) is 0 Å². The summed E-state index contributed by atoms with van der Waals surface area (Å²) in [7, 11) is 0. The number of piperazine rings is 1. The zero-order chi connectivity index (χ0) is 19.5. The van der Waals surface area contributed by atoms with E-state index in [0.29, 0.717) is 11.8 Å². The number of para-hydroxylation sites is 1. The molecule has 28 heavy (non-hydrogen) atoms. The van der Waals surface area contributed by atoms with Crippen LogP contribution in [0.4, 0.5) is 11.8 Å². The van der Waals surface area contributed by atoms with Crippen LogP contribution in [0.1, 0.15) is 12.6 Å². The van der Waals surface area contributed by atoms with Crippen molar-refractivity contribution in [1.29, 1.82) is 0 Å². The minimum atomic E-state index is -0.280. The Morgan fingerprint density at radius 2 is 1.93 bits per heavy atom. The van der Waals surface area contributed by atoms with E-state index in [9.17, 15) is 4.79 Å². The fraction of sp³-hybridized carbons (Fsp3) is 0.389. The Bertz CT molecular complexity index is 930. The lowest BCUT2D eigenvalue weighted by Crippen LogP contribution is -2.53. The van der Waals surface area contributed by atoms with E-state index in [0.717, 1.165) is 37.6 Å². The predicted molar refractivity (Wildman–Crippen MR) is 102 cm³/mol. The number of nitrogens with zero attached hydrogens (tertiary/aromatic N) is 7. The fourth-order valence-corrected chi connectivity index (χ4v) is 3.24. The van der Waals surface area contributed by atoms with Crippen LogP contribution in [0.2, 0.25) is 0 Å². The number of benzene rings is 1. The minimum Gasteiger partial charge on any atom is -0.338 e. The third-order valence-electron chi connectivity index (χ3n) is 4.85. The summed E-state index contributed by atoms with van der Waals surface area (Å²) >= 11 is 0. The van der Waals surface area contributed by atoms with Crippen molar-refractivity contribution in [2.24, 2.45) is 0 Å². The van der Waals surface area contributed by atoms with Crippen molar-refractivity contribution in [2.45, 2.75) is 19.9 Å². The summed E-state index contributed by atoms with van der Waals surface area (Å²) in [5, 5.41) is 18.7. The van der Waals surface area contributed by atoms with Crippen molar-refractivity contribution in [3.05, 3.63) is 42.1 Å². The van der Waals surface area contributed by atoms with Crippen molar-refractivity contribution in [2.75, 3.05) is 36.4 Å². The molecule has 1 atom stereocenters. The lowest BCUT2D eigenvalue weighted by Gasteiger charge is -2.37. The minimum absolute atomic E-state index is 0.112. The summed E-state index contributed by atoms with van der Waals surface area (Å²) in [5.74, 6) is 0.967. The first-order valence-electron chi connectivity index (χ1n) is 9.19. The highest BCUT2D eigenvalue weighted by Gasteiger charge is 2.28. The predicted octanol–water partition coefficient (Wildman–Crippen LogP) is 1.11. The SMILES string of the molecule is Cc1cc(NC(=O)C(C)N2CCN(c3nnnn3-c3ccccc3)CC2)on1. The summed E-state index contributed by atoms with van der Waals surface area (Å²) in [4.78, 5) is 16.7. The first-order chi connectivity index (χ1) is 13.6. The smallest absolute Gasteiger partial charge is 0.250 e. The molecule has 10 nitrogen and oxygen atoms in total. The summed E-state index contributed by atoms with van der Waals surface area (Å²) in [6.07, 6.45) is 0. The highest BCUT2D eigenvalue weighted by atomic mass is 16.5. The number of nitrogens with one attached hydrogen (secondary N) is 1. The van der Waals surface area contributed by atoms with Gasteiger partial charge in [-0.25, -0.2) is 0 Å². The largest absolute Gasteiger partial charge is 0.338 e. The third-order valence-corrected chi connectivity index (χ3v) is 4.85. The number of tetrazole rings is 1. The van der Waals surface area contributed by atoms with Gasteiger partial charge in [0.05, 0.1) is 17.4 Å². The second-order valence-corrected chi connectivity index (χ2v) is 6.75. The van der Waals surface area contributed by atoms with Gasteiger partial charge in [0.1, 0.15) is 0 Å². The summed E-state index contributed by atoms with van der Waals surface area (Å²) in [6, 6.07) is 11.2. The van der Waals surface area contributed by atoms with E-state index in [1.165, 1.54) is 0 Å². The molecule has 1 unspecified atom stereocenters. The molecule has 0 radical (unpaired) electrons. The average Bonchev–Trinajstić information content (AvgIpc) is 3.37. The molecule has 3 aromatic rings. The highest BCUT2D eigenvalue weighted by Crippen LogP contribution is 2.18. The number of amides is 1. The van der Waals surface area contributed by atoms with E-state index in [1.54, 1.807) is 10.7 Å². The molecule has 1 aliphatic heterocycles. The zero-order valence-corrected chi connectivity index (χ0v) is 15.8. The molecule has 3 heterocycles. The standard InChI is InChI=1S/C18H22N8O2/c1-13-12-16(28-21-13)19-17(27)14(2)24-8-10-25(11-9-24)18-20-22-23-26(18)15-6-4-3-5-7-15/h3-7,12,14H,8-11H2,1-2H3,(H,19,27). The van der Waals surface area contributed by atoms with Crippen LogP contribution in [0.5, 0.6) is 0 Å². The molecule has 146 valence electrons. The molecule has 1 amide bonds. The van der Waals surface area contributed by atoms with Crippen LogP contribution in [0, 0.1) is 6.92 Å². The van der Waals surface area contributed by atoms with Crippen molar-refractivity contribution in [3.8, 4) is 5.69 Å². The van der Waals surface area contributed by atoms with Gasteiger partial charge in [-0.1, -0.05) is 28.5 Å². The molecule has 0 aliphatic carbocycles. The lowest BCUT2D eigenvalue weighted by molar-refractivity contribution is -0.121. The molecular formula is C18H22N8O2. The average molecular weight is 382 g/mol. The van der Waals surface area contributed by atoms with E-state index in [1.807, 2.05) is 44.2 Å². The van der Waals surface area contributed by atoms with Crippen LogP contribution in [0.25, 0.3) is 5.69 Å². The molecule has 4 rings (SSSR count). The molecule has 1 N–H and O–H groups in total. The van der Waals surface area contributed by atoms with Gasteiger partial charge in [0, 0.05) is 32.2 Å². The number of carbonyl (C=O) groups is 1. The van der Waals surface area contributed by atoms with Gasteiger partial charge in [-0.05, 0) is 36.4 Å². The van der Waals surface area contributed by atoms with E-state index in [-0.39, 0.29) is 11.9 Å². The number of carbonyl (C=O) groups excluding carboxylic acids is 1. The quantitative estimate of drug-likeness (QED) is 0.700. The molecule has 0 bridgehead atoms. The molecule has 0 spiro atoms. The van der Waals surface area contributed by atoms with Gasteiger partial charge in [0.2, 0.25) is 17.7 Å². The Balaban J connectivity index is 1.37. The Labute approximate surface area is 162 Å². The van der Waals surface area contributed by atoms with Crippen LogP contribution >= 0.6 is 0 Å². The van der Waals surface area contributed by atoms with Crippen molar-refractivity contribution < 1.29 is 9.32 Å². The van der Waals surface area contributed by atoms with Crippen LogP contribution in [-0.2, 0) is 4.79 Å². The van der Waals surface area contributed by atoms with Gasteiger partial charge in [0.25, 0.3) is 0 Å². The van der Waals surface area contributed by atoms with Crippen molar-refractivity contribution in [3.63, 3.8) is 0 Å². The number of aryl methyl sites for hydroxylation is 1. The molecular weight excluding hydrogens is 360 g/mol. The number of hydrogen-bond donors (Lipinski definition) is 1. The lowest BCUT2D eigenvalue weighted by atomic mass is 10.2. The van der Waals surface area contributed by atoms with Gasteiger partial charge in [0.15, 0.2) is 0 Å². The Kier molecular flexibility index (Phi) is 5.02. The number of anilines is 2. The monoisotopic (exact) mass is 382 g/mol. The normalized spacial score (nSPS) is 16.1. The van der Waals surface area contributed by atoms with E-state index in [2.05, 4.69) is 35.8 Å². The zero-order valence-electron chi connectivity index (χ0n) is 15.8. The molecule has 0 saturated carbocycles. The second kappa shape index (κ2) is 7.77. The van der Waals surface area contributed by atoms with Crippen LogP contribution in [-0.4, -0.2) is 68.4 Å². The molecule has 1 aliphatic rings. The first kappa shape index (κ1) is 18.1. The van der Waals surface area contributed by atoms with Gasteiger partial charge >= 0.3 is 0 Å². The highest BCUT2D eigenvalue weighted by molar-refractivity contribution is 5.93.